The Bertz CT molecular complexity index is 321. The molecule has 0 N–H and O–H groups in total. The predicted octanol–water partition coefficient (Wildman–Crippen LogP) is 2.79. The highest BCUT2D eigenvalue weighted by Gasteiger charge is 1.93. The largest absolute Gasteiger partial charge is 0.396 e. The maximum atomic E-state index is 5.12. The number of aromatic nitrogens is 1. The van der Waals surface area contributed by atoms with Crippen LogP contribution in [0.1, 0.15) is 31.7 Å². The van der Waals surface area contributed by atoms with Gasteiger partial charge in [0.15, 0.2) is 0 Å². The Balaban J connectivity index is 2.32. The van der Waals surface area contributed by atoms with Gasteiger partial charge in [-0.3, -0.25) is 4.98 Å². The van der Waals surface area contributed by atoms with Crippen molar-refractivity contribution in [1.82, 2.24) is 4.98 Å². The molecule has 1 aromatic heterocycles. The van der Waals surface area contributed by atoms with Crippen LogP contribution in [0.3, 0.4) is 0 Å². The van der Waals surface area contributed by atoms with E-state index in [2.05, 4.69) is 24.0 Å². The molecule has 0 radical (unpaired) electrons. The van der Waals surface area contributed by atoms with Crippen molar-refractivity contribution in [3.8, 4) is 0 Å². The van der Waals surface area contributed by atoms with Crippen LogP contribution >= 0.6 is 0 Å². The maximum Gasteiger partial charge on any atom is 0.117 e. The summed E-state index contributed by atoms with van der Waals surface area (Å²) in [4.78, 5) is 9.39. The van der Waals surface area contributed by atoms with Gasteiger partial charge in [-0.05, 0) is 31.4 Å². The van der Waals surface area contributed by atoms with Gasteiger partial charge in [0, 0.05) is 5.69 Å². The number of pyridine rings is 1. The van der Waals surface area contributed by atoms with Crippen molar-refractivity contribution in [3.05, 3.63) is 29.6 Å². The Hall–Kier alpha value is -1.38. The Labute approximate surface area is 91.2 Å². The van der Waals surface area contributed by atoms with E-state index in [4.69, 9.17) is 4.84 Å². The van der Waals surface area contributed by atoms with Crippen LogP contribution in [0.4, 0.5) is 0 Å². The summed E-state index contributed by atoms with van der Waals surface area (Å²) in [5, 5.41) is 3.87. The zero-order valence-electron chi connectivity index (χ0n) is 9.60. The average molecular weight is 206 g/mol. The van der Waals surface area contributed by atoms with Crippen LogP contribution in [-0.2, 0) is 4.84 Å². The summed E-state index contributed by atoms with van der Waals surface area (Å²) in [5.41, 5.74) is 1.82. The van der Waals surface area contributed by atoms with Gasteiger partial charge < -0.3 is 4.84 Å². The Morgan fingerprint density at radius 1 is 1.47 bits per heavy atom. The number of oxime groups is 1. The first-order valence-corrected chi connectivity index (χ1v) is 5.27. The van der Waals surface area contributed by atoms with E-state index in [9.17, 15) is 0 Å². The van der Waals surface area contributed by atoms with E-state index in [0.29, 0.717) is 12.5 Å². The van der Waals surface area contributed by atoms with Crippen molar-refractivity contribution in [2.45, 2.75) is 27.2 Å². The van der Waals surface area contributed by atoms with Crippen LogP contribution in [0.15, 0.2) is 23.4 Å². The van der Waals surface area contributed by atoms with Crippen molar-refractivity contribution < 1.29 is 4.84 Å². The Morgan fingerprint density at radius 2 is 2.27 bits per heavy atom. The van der Waals surface area contributed by atoms with Crippen molar-refractivity contribution in [1.29, 1.82) is 0 Å². The van der Waals surface area contributed by atoms with Crippen LogP contribution in [0.5, 0.6) is 0 Å². The van der Waals surface area contributed by atoms with E-state index in [1.807, 2.05) is 25.1 Å². The summed E-state index contributed by atoms with van der Waals surface area (Å²) < 4.78 is 0. The molecule has 15 heavy (non-hydrogen) atoms. The molecule has 0 aliphatic carbocycles. The summed E-state index contributed by atoms with van der Waals surface area (Å²) in [5.74, 6) is 0.650. The Morgan fingerprint density at radius 3 is 2.93 bits per heavy atom. The van der Waals surface area contributed by atoms with Gasteiger partial charge >= 0.3 is 0 Å². The number of aryl methyl sites for hydroxylation is 1. The highest BCUT2D eigenvalue weighted by atomic mass is 16.6. The van der Waals surface area contributed by atoms with Crippen molar-refractivity contribution >= 4 is 6.21 Å². The molecule has 82 valence electrons. The predicted molar refractivity (Wildman–Crippen MR) is 62.0 cm³/mol. The minimum absolute atomic E-state index is 0.650. The third kappa shape index (κ3) is 5.15. The van der Waals surface area contributed by atoms with E-state index in [0.717, 1.165) is 17.8 Å². The fourth-order valence-electron chi connectivity index (χ4n) is 1.07. The number of nitrogens with zero attached hydrogens (tertiary/aromatic N) is 2. The molecule has 1 aromatic rings. The summed E-state index contributed by atoms with van der Waals surface area (Å²) in [6, 6.07) is 5.82. The van der Waals surface area contributed by atoms with Crippen molar-refractivity contribution in [2.75, 3.05) is 6.61 Å². The van der Waals surface area contributed by atoms with Gasteiger partial charge in [0.05, 0.1) is 11.9 Å². The van der Waals surface area contributed by atoms with Gasteiger partial charge in [0.2, 0.25) is 0 Å². The van der Waals surface area contributed by atoms with Crippen LogP contribution in [-0.4, -0.2) is 17.8 Å². The molecule has 1 rings (SSSR count). The molecule has 0 saturated carbocycles. The van der Waals surface area contributed by atoms with Crippen molar-refractivity contribution in [3.63, 3.8) is 0 Å². The molecular weight excluding hydrogens is 188 g/mol. The highest BCUT2D eigenvalue weighted by molar-refractivity contribution is 5.76. The van der Waals surface area contributed by atoms with Gasteiger partial charge in [-0.25, -0.2) is 0 Å². The molecule has 0 bridgehead atoms. The average Bonchev–Trinajstić information content (AvgIpc) is 2.17. The zero-order valence-corrected chi connectivity index (χ0v) is 9.60. The monoisotopic (exact) mass is 206 g/mol. The Kier molecular flexibility index (Phi) is 4.81. The first-order chi connectivity index (χ1) is 7.18. The molecule has 3 heteroatoms. The molecule has 0 spiro atoms. The minimum Gasteiger partial charge on any atom is -0.396 e. The summed E-state index contributed by atoms with van der Waals surface area (Å²) in [6.07, 6.45) is 2.67. The second kappa shape index (κ2) is 6.17. The lowest BCUT2D eigenvalue weighted by molar-refractivity contribution is 0.134. The lowest BCUT2D eigenvalue weighted by atomic mass is 10.1. The topological polar surface area (TPSA) is 34.5 Å². The van der Waals surface area contributed by atoms with E-state index in [-0.39, 0.29) is 0 Å². The van der Waals surface area contributed by atoms with Crippen LogP contribution in [0.2, 0.25) is 0 Å². The molecular formula is C12H18N2O. The number of rotatable bonds is 5. The normalized spacial score (nSPS) is 11.2. The highest BCUT2D eigenvalue weighted by Crippen LogP contribution is 1.99. The first-order valence-electron chi connectivity index (χ1n) is 5.27. The molecule has 1 heterocycles. The standard InChI is InChI=1S/C12H18N2O/c1-10(2)7-8-15-13-9-12-6-4-5-11(3)14-12/h4-6,9-10H,7-8H2,1-3H3/b13-9+. The zero-order chi connectivity index (χ0) is 11.1. The van der Waals surface area contributed by atoms with Crippen LogP contribution < -0.4 is 0 Å². The van der Waals surface area contributed by atoms with Crippen LogP contribution in [0.25, 0.3) is 0 Å². The molecule has 0 aromatic carbocycles. The quantitative estimate of drug-likeness (QED) is 0.422. The first kappa shape index (κ1) is 11.7. The SMILES string of the molecule is Cc1cccc(/C=N/OCCC(C)C)n1. The maximum absolute atomic E-state index is 5.12. The van der Waals surface area contributed by atoms with Gasteiger partial charge in [-0.2, -0.15) is 0 Å². The second-order valence-electron chi connectivity index (χ2n) is 3.95. The molecule has 0 unspecified atom stereocenters. The lowest BCUT2D eigenvalue weighted by Crippen LogP contribution is -1.95. The molecule has 0 amide bonds. The lowest BCUT2D eigenvalue weighted by Gasteiger charge is -2.01. The molecule has 0 aliphatic rings. The third-order valence-electron chi connectivity index (χ3n) is 1.96. The van der Waals surface area contributed by atoms with E-state index in [1.54, 1.807) is 6.21 Å². The molecule has 0 fully saturated rings. The van der Waals surface area contributed by atoms with Crippen LogP contribution in [0, 0.1) is 12.8 Å². The van der Waals surface area contributed by atoms with E-state index < -0.39 is 0 Å². The fraction of sp³-hybridized carbons (Fsp3) is 0.500. The van der Waals surface area contributed by atoms with E-state index in [1.165, 1.54) is 0 Å². The van der Waals surface area contributed by atoms with Gasteiger partial charge in [-0.15, -0.1) is 0 Å². The third-order valence-corrected chi connectivity index (χ3v) is 1.96. The molecule has 0 aliphatic heterocycles. The fourth-order valence-corrected chi connectivity index (χ4v) is 1.07. The van der Waals surface area contributed by atoms with Gasteiger partial charge in [-0.1, -0.05) is 25.1 Å². The van der Waals surface area contributed by atoms with E-state index >= 15 is 0 Å². The number of hydrogen-bond donors (Lipinski definition) is 0. The van der Waals surface area contributed by atoms with Crippen molar-refractivity contribution in [2.24, 2.45) is 11.1 Å². The van der Waals surface area contributed by atoms with Gasteiger partial charge in [0.1, 0.15) is 6.61 Å². The smallest absolute Gasteiger partial charge is 0.117 e. The molecule has 3 nitrogen and oxygen atoms in total. The molecule has 0 atom stereocenters. The van der Waals surface area contributed by atoms with Gasteiger partial charge in [0.25, 0.3) is 0 Å². The number of hydrogen-bond acceptors (Lipinski definition) is 3. The molecule has 0 saturated heterocycles. The summed E-state index contributed by atoms with van der Waals surface area (Å²) in [7, 11) is 0. The summed E-state index contributed by atoms with van der Waals surface area (Å²) >= 11 is 0. The summed E-state index contributed by atoms with van der Waals surface area (Å²) in [6.45, 7) is 6.95. The minimum atomic E-state index is 0.650. The second-order valence-corrected chi connectivity index (χ2v) is 3.95.